The first kappa shape index (κ1) is 22.5. The second kappa shape index (κ2) is 10.2. The van der Waals surface area contributed by atoms with Gasteiger partial charge in [0.15, 0.2) is 0 Å². The summed E-state index contributed by atoms with van der Waals surface area (Å²) in [5, 5.41) is 12.0. The lowest BCUT2D eigenvalue weighted by Crippen LogP contribution is -2.42. The number of carbonyl (C=O) groups is 4. The van der Waals surface area contributed by atoms with E-state index in [1.807, 2.05) is 24.3 Å². The number of nitrogens with one attached hydrogen (secondary N) is 3. The van der Waals surface area contributed by atoms with E-state index in [1.165, 1.54) is 24.1 Å². The van der Waals surface area contributed by atoms with Crippen LogP contribution in [-0.2, 0) is 20.9 Å². The van der Waals surface area contributed by atoms with Crippen molar-refractivity contribution in [3.8, 4) is 0 Å². The fraction of sp³-hybridized carbons (Fsp3) is 0.182. The van der Waals surface area contributed by atoms with E-state index in [-0.39, 0.29) is 25.2 Å². The van der Waals surface area contributed by atoms with Crippen molar-refractivity contribution in [2.75, 3.05) is 20.2 Å². The largest absolute Gasteiger partial charge is 0.468 e. The van der Waals surface area contributed by atoms with E-state index in [1.54, 1.807) is 23.7 Å². The zero-order chi connectivity index (χ0) is 23.1. The fourth-order valence-electron chi connectivity index (χ4n) is 3.08. The van der Waals surface area contributed by atoms with E-state index < -0.39 is 23.7 Å². The number of ether oxygens (including phenoxy) is 1. The standard InChI is InChI=1S/C22H22N4O6/c1-32-20(28)11-23-19(27)13-26(12-14-6-8-15(9-7-14)21(29)25-31)22(30)18-10-16-4-2-3-5-17(16)24-18/h2-10,24,31H,11-13H2,1H3,(H,23,27)(H,25,29). The Hall–Kier alpha value is -4.18. The first-order chi connectivity index (χ1) is 15.4. The monoisotopic (exact) mass is 438 g/mol. The van der Waals surface area contributed by atoms with Crippen LogP contribution < -0.4 is 10.8 Å². The van der Waals surface area contributed by atoms with Gasteiger partial charge in [0, 0.05) is 23.0 Å². The van der Waals surface area contributed by atoms with Crippen LogP contribution in [-0.4, -0.2) is 59.0 Å². The van der Waals surface area contributed by atoms with Gasteiger partial charge in [-0.05, 0) is 29.8 Å². The highest BCUT2D eigenvalue weighted by Gasteiger charge is 2.21. The number of amides is 3. The molecule has 0 unspecified atom stereocenters. The van der Waals surface area contributed by atoms with Crippen molar-refractivity contribution in [1.82, 2.24) is 20.7 Å². The van der Waals surface area contributed by atoms with Crippen molar-refractivity contribution >= 4 is 34.6 Å². The number of hydroxylamine groups is 1. The second-order valence-electron chi connectivity index (χ2n) is 6.92. The molecule has 1 heterocycles. The van der Waals surface area contributed by atoms with Crippen molar-refractivity contribution in [2.24, 2.45) is 0 Å². The average Bonchev–Trinajstić information content (AvgIpc) is 3.26. The van der Waals surface area contributed by atoms with Crippen molar-refractivity contribution < 1.29 is 29.1 Å². The molecule has 10 nitrogen and oxygen atoms in total. The van der Waals surface area contributed by atoms with E-state index >= 15 is 0 Å². The molecule has 0 spiro atoms. The average molecular weight is 438 g/mol. The van der Waals surface area contributed by atoms with Gasteiger partial charge in [-0.25, -0.2) is 5.48 Å². The number of benzene rings is 2. The Labute approximate surface area is 183 Å². The summed E-state index contributed by atoms with van der Waals surface area (Å²) in [6.45, 7) is -0.542. The molecular formula is C22H22N4O6. The van der Waals surface area contributed by atoms with Gasteiger partial charge >= 0.3 is 5.97 Å². The molecule has 0 fully saturated rings. The number of esters is 1. The van der Waals surface area contributed by atoms with Gasteiger partial charge in [-0.15, -0.1) is 0 Å². The number of H-pyrrole nitrogens is 1. The maximum absolute atomic E-state index is 13.2. The van der Waals surface area contributed by atoms with Crippen LogP contribution in [0.2, 0.25) is 0 Å². The van der Waals surface area contributed by atoms with Crippen LogP contribution in [0.5, 0.6) is 0 Å². The number of hydrogen-bond acceptors (Lipinski definition) is 6. The molecule has 0 saturated carbocycles. The highest BCUT2D eigenvalue weighted by molar-refractivity contribution is 5.99. The van der Waals surface area contributed by atoms with Crippen LogP contribution in [0.1, 0.15) is 26.4 Å². The minimum absolute atomic E-state index is 0.0703. The summed E-state index contributed by atoms with van der Waals surface area (Å²) in [6, 6.07) is 15.3. The van der Waals surface area contributed by atoms with Crippen molar-refractivity contribution in [3.05, 3.63) is 71.4 Å². The maximum Gasteiger partial charge on any atom is 0.325 e. The lowest BCUT2D eigenvalue weighted by Gasteiger charge is -2.22. The van der Waals surface area contributed by atoms with E-state index in [2.05, 4.69) is 15.0 Å². The van der Waals surface area contributed by atoms with Crippen LogP contribution >= 0.6 is 0 Å². The van der Waals surface area contributed by atoms with Gasteiger partial charge in [-0.2, -0.15) is 0 Å². The Kier molecular flexibility index (Phi) is 7.19. The summed E-state index contributed by atoms with van der Waals surface area (Å²) in [7, 11) is 1.21. The topological polar surface area (TPSA) is 141 Å². The summed E-state index contributed by atoms with van der Waals surface area (Å²) >= 11 is 0. The predicted molar refractivity (Wildman–Crippen MR) is 114 cm³/mol. The normalized spacial score (nSPS) is 10.4. The molecule has 0 aliphatic carbocycles. The molecule has 3 aromatic rings. The van der Waals surface area contributed by atoms with E-state index in [0.29, 0.717) is 11.3 Å². The Morgan fingerprint density at radius 1 is 1.06 bits per heavy atom. The van der Waals surface area contributed by atoms with Crippen LogP contribution in [0.4, 0.5) is 0 Å². The summed E-state index contributed by atoms with van der Waals surface area (Å²) in [5.74, 6) is -2.21. The SMILES string of the molecule is COC(=O)CNC(=O)CN(Cc1ccc(C(=O)NO)cc1)C(=O)c1cc2ccccc2[nH]1. The molecule has 0 atom stereocenters. The number of aromatic amines is 1. The Morgan fingerprint density at radius 2 is 1.78 bits per heavy atom. The summed E-state index contributed by atoms with van der Waals surface area (Å²) in [5.41, 5.74) is 3.53. The number of rotatable bonds is 8. The van der Waals surface area contributed by atoms with Gasteiger partial charge in [0.2, 0.25) is 5.91 Å². The number of methoxy groups -OCH3 is 1. The lowest BCUT2D eigenvalue weighted by molar-refractivity contribution is -0.141. The third-order valence-electron chi connectivity index (χ3n) is 4.73. The van der Waals surface area contributed by atoms with Gasteiger partial charge in [-0.3, -0.25) is 24.4 Å². The molecule has 3 amide bonds. The lowest BCUT2D eigenvalue weighted by atomic mass is 10.1. The molecule has 2 aromatic carbocycles. The van der Waals surface area contributed by atoms with Gasteiger partial charge in [0.25, 0.3) is 11.8 Å². The molecule has 32 heavy (non-hydrogen) atoms. The van der Waals surface area contributed by atoms with Gasteiger partial charge in [0.1, 0.15) is 18.8 Å². The maximum atomic E-state index is 13.2. The molecule has 0 bridgehead atoms. The molecule has 1 aromatic heterocycles. The van der Waals surface area contributed by atoms with Crippen LogP contribution in [0.3, 0.4) is 0 Å². The number of para-hydroxylation sites is 1. The van der Waals surface area contributed by atoms with E-state index in [0.717, 1.165) is 10.9 Å². The highest BCUT2D eigenvalue weighted by atomic mass is 16.5. The van der Waals surface area contributed by atoms with Crippen molar-refractivity contribution in [2.45, 2.75) is 6.54 Å². The van der Waals surface area contributed by atoms with Crippen LogP contribution in [0.25, 0.3) is 10.9 Å². The second-order valence-corrected chi connectivity index (χ2v) is 6.92. The smallest absolute Gasteiger partial charge is 0.325 e. The third kappa shape index (κ3) is 5.49. The van der Waals surface area contributed by atoms with Crippen molar-refractivity contribution in [1.29, 1.82) is 0 Å². The van der Waals surface area contributed by atoms with E-state index in [4.69, 9.17) is 5.21 Å². The zero-order valence-electron chi connectivity index (χ0n) is 17.3. The molecule has 10 heteroatoms. The van der Waals surface area contributed by atoms with Gasteiger partial charge in [-0.1, -0.05) is 30.3 Å². The zero-order valence-corrected chi connectivity index (χ0v) is 17.3. The predicted octanol–water partition coefficient (Wildman–Crippen LogP) is 1.22. The van der Waals surface area contributed by atoms with Crippen molar-refractivity contribution in [3.63, 3.8) is 0 Å². The first-order valence-electron chi connectivity index (χ1n) is 9.65. The number of nitrogens with zero attached hydrogens (tertiary/aromatic N) is 1. The van der Waals surface area contributed by atoms with Gasteiger partial charge in [0.05, 0.1) is 7.11 Å². The molecular weight excluding hydrogens is 416 g/mol. The van der Waals surface area contributed by atoms with Crippen LogP contribution in [0, 0.1) is 0 Å². The Bertz CT molecular complexity index is 1110. The highest BCUT2D eigenvalue weighted by Crippen LogP contribution is 2.17. The number of fused-ring (bicyclic) bond motifs is 1. The minimum atomic E-state index is -0.662. The molecule has 3 rings (SSSR count). The fourth-order valence-corrected chi connectivity index (χ4v) is 3.08. The molecule has 0 saturated heterocycles. The molecule has 4 N–H and O–H groups in total. The first-order valence-corrected chi connectivity index (χ1v) is 9.65. The molecule has 0 aliphatic heterocycles. The van der Waals surface area contributed by atoms with Gasteiger partial charge < -0.3 is 19.9 Å². The third-order valence-corrected chi connectivity index (χ3v) is 4.73. The van der Waals surface area contributed by atoms with E-state index in [9.17, 15) is 19.2 Å². The number of carbonyl (C=O) groups excluding carboxylic acids is 4. The van der Waals surface area contributed by atoms with Crippen LogP contribution in [0.15, 0.2) is 54.6 Å². The molecule has 166 valence electrons. The summed E-state index contributed by atoms with van der Waals surface area (Å²) in [6.07, 6.45) is 0. The summed E-state index contributed by atoms with van der Waals surface area (Å²) < 4.78 is 4.50. The quantitative estimate of drug-likeness (QED) is 0.237. The minimum Gasteiger partial charge on any atom is -0.468 e. The molecule has 0 aliphatic rings. The summed E-state index contributed by atoms with van der Waals surface area (Å²) in [4.78, 5) is 52.7. The molecule has 0 radical (unpaired) electrons. The number of aromatic nitrogens is 1. The Balaban J connectivity index is 1.81. The number of hydrogen-bond donors (Lipinski definition) is 4. The Morgan fingerprint density at radius 3 is 2.44 bits per heavy atom.